The Hall–Kier alpha value is -2.41. The van der Waals surface area contributed by atoms with Crippen molar-refractivity contribution in [2.45, 2.75) is 39.7 Å². The Balaban J connectivity index is 1.94. The minimum atomic E-state index is -0.482. The molecule has 2 rings (SSSR count). The topological polar surface area (TPSA) is 77.5 Å². The van der Waals surface area contributed by atoms with E-state index in [-0.39, 0.29) is 24.5 Å². The monoisotopic (exact) mass is 376 g/mol. The summed E-state index contributed by atoms with van der Waals surface area (Å²) in [5.41, 5.74) is 1.14. The standard InChI is InChI=1S/C19H24N2O4S/c1-5-24-15-9-7-6-8-14(15)18-20-13(12-26-18)10-17(23)25-11-16(22)21-19(2,3)4/h6-9,12H,5,10-11H2,1-4H3,(H,21,22). The molecule has 6 nitrogen and oxygen atoms in total. The van der Waals surface area contributed by atoms with Crippen LogP contribution in [0.4, 0.5) is 0 Å². The third-order valence-corrected chi connectivity index (χ3v) is 4.10. The minimum absolute atomic E-state index is 0.0239. The second-order valence-electron chi connectivity index (χ2n) is 6.71. The number of hydrogen-bond acceptors (Lipinski definition) is 6. The zero-order valence-electron chi connectivity index (χ0n) is 15.5. The number of hydrogen-bond donors (Lipinski definition) is 1. The number of amides is 1. The first-order valence-corrected chi connectivity index (χ1v) is 9.29. The van der Waals surface area contributed by atoms with Crippen molar-refractivity contribution in [2.75, 3.05) is 13.2 Å². The van der Waals surface area contributed by atoms with Gasteiger partial charge in [-0.15, -0.1) is 11.3 Å². The predicted octanol–water partition coefficient (Wildman–Crippen LogP) is 3.21. The summed E-state index contributed by atoms with van der Waals surface area (Å²) in [6.07, 6.45) is 0.0239. The predicted molar refractivity (Wildman–Crippen MR) is 101 cm³/mol. The maximum atomic E-state index is 11.9. The van der Waals surface area contributed by atoms with Crippen LogP contribution in [0.3, 0.4) is 0 Å². The first kappa shape index (κ1) is 19.9. The number of nitrogens with one attached hydrogen (secondary N) is 1. The molecule has 1 heterocycles. The van der Waals surface area contributed by atoms with E-state index in [9.17, 15) is 9.59 Å². The van der Waals surface area contributed by atoms with Crippen molar-refractivity contribution in [1.29, 1.82) is 0 Å². The quantitative estimate of drug-likeness (QED) is 0.751. The van der Waals surface area contributed by atoms with Gasteiger partial charge in [0, 0.05) is 10.9 Å². The van der Waals surface area contributed by atoms with Gasteiger partial charge in [0.1, 0.15) is 10.8 Å². The Morgan fingerprint density at radius 1 is 1.23 bits per heavy atom. The largest absolute Gasteiger partial charge is 0.493 e. The number of para-hydroxylation sites is 1. The SMILES string of the molecule is CCOc1ccccc1-c1nc(CC(=O)OCC(=O)NC(C)(C)C)cs1. The summed E-state index contributed by atoms with van der Waals surface area (Å²) in [6.45, 7) is 7.80. The Bertz CT molecular complexity index is 765. The fraction of sp³-hybridized carbons (Fsp3) is 0.421. The van der Waals surface area contributed by atoms with Gasteiger partial charge in [0.25, 0.3) is 5.91 Å². The first-order chi connectivity index (χ1) is 12.3. The molecule has 0 aliphatic heterocycles. The van der Waals surface area contributed by atoms with Crippen LogP contribution in [0.25, 0.3) is 10.6 Å². The van der Waals surface area contributed by atoms with E-state index in [0.29, 0.717) is 12.3 Å². The lowest BCUT2D eigenvalue weighted by Gasteiger charge is -2.20. The molecule has 1 aromatic carbocycles. The lowest BCUT2D eigenvalue weighted by Crippen LogP contribution is -2.42. The van der Waals surface area contributed by atoms with Crippen molar-refractivity contribution < 1.29 is 19.1 Å². The van der Waals surface area contributed by atoms with Gasteiger partial charge in [-0.25, -0.2) is 4.98 Å². The third kappa shape index (κ3) is 6.15. The normalized spacial score (nSPS) is 11.1. The molecule has 0 spiro atoms. The van der Waals surface area contributed by atoms with E-state index in [2.05, 4.69) is 10.3 Å². The van der Waals surface area contributed by atoms with Gasteiger partial charge in [-0.3, -0.25) is 9.59 Å². The van der Waals surface area contributed by atoms with Crippen LogP contribution in [0.15, 0.2) is 29.6 Å². The molecule has 26 heavy (non-hydrogen) atoms. The number of ether oxygens (including phenoxy) is 2. The number of esters is 1. The maximum absolute atomic E-state index is 11.9. The van der Waals surface area contributed by atoms with E-state index in [1.165, 1.54) is 11.3 Å². The summed E-state index contributed by atoms with van der Waals surface area (Å²) >= 11 is 1.44. The second-order valence-corrected chi connectivity index (χ2v) is 7.57. The number of benzene rings is 1. The van der Waals surface area contributed by atoms with E-state index in [1.807, 2.05) is 57.3 Å². The molecule has 0 bridgehead atoms. The van der Waals surface area contributed by atoms with Gasteiger partial charge < -0.3 is 14.8 Å². The molecule has 1 aromatic heterocycles. The average Bonchev–Trinajstić information content (AvgIpc) is 3.00. The number of thiazole rings is 1. The van der Waals surface area contributed by atoms with E-state index in [0.717, 1.165) is 16.3 Å². The van der Waals surface area contributed by atoms with Crippen molar-refractivity contribution in [3.05, 3.63) is 35.3 Å². The highest BCUT2D eigenvalue weighted by atomic mass is 32.1. The third-order valence-electron chi connectivity index (χ3n) is 3.17. The molecule has 140 valence electrons. The molecule has 1 N–H and O–H groups in total. The summed E-state index contributed by atoms with van der Waals surface area (Å²) in [7, 11) is 0. The molecule has 0 saturated carbocycles. The van der Waals surface area contributed by atoms with Crippen molar-refractivity contribution in [1.82, 2.24) is 10.3 Å². The summed E-state index contributed by atoms with van der Waals surface area (Å²) < 4.78 is 10.6. The van der Waals surface area contributed by atoms with Crippen molar-refractivity contribution >= 4 is 23.2 Å². The van der Waals surface area contributed by atoms with E-state index in [4.69, 9.17) is 9.47 Å². The molecule has 0 fully saturated rings. The lowest BCUT2D eigenvalue weighted by molar-refractivity contribution is -0.148. The summed E-state index contributed by atoms with van der Waals surface area (Å²) in [5, 5.41) is 5.33. The smallest absolute Gasteiger partial charge is 0.312 e. The number of aromatic nitrogens is 1. The van der Waals surface area contributed by atoms with Crippen LogP contribution in [-0.4, -0.2) is 35.6 Å². The number of carbonyl (C=O) groups is 2. The van der Waals surface area contributed by atoms with Gasteiger partial charge in [0.05, 0.1) is 24.3 Å². The maximum Gasteiger partial charge on any atom is 0.312 e. The summed E-state index contributed by atoms with van der Waals surface area (Å²) in [6, 6.07) is 7.65. The van der Waals surface area contributed by atoms with Gasteiger partial charge in [-0.2, -0.15) is 0 Å². The zero-order chi connectivity index (χ0) is 19.2. The van der Waals surface area contributed by atoms with Crippen LogP contribution in [0.5, 0.6) is 5.75 Å². The van der Waals surface area contributed by atoms with Crippen LogP contribution in [-0.2, 0) is 20.7 Å². The molecule has 0 atom stereocenters. The fourth-order valence-electron chi connectivity index (χ4n) is 2.24. The molecule has 0 saturated heterocycles. The molecule has 2 aromatic rings. The van der Waals surface area contributed by atoms with Crippen LogP contribution in [0, 0.1) is 0 Å². The Kier molecular flexibility index (Phi) is 6.74. The molecule has 7 heteroatoms. The summed E-state index contributed by atoms with van der Waals surface area (Å²) in [5.74, 6) is -0.0446. The van der Waals surface area contributed by atoms with Crippen LogP contribution < -0.4 is 10.1 Å². The van der Waals surface area contributed by atoms with Gasteiger partial charge in [-0.1, -0.05) is 12.1 Å². The fourth-order valence-corrected chi connectivity index (χ4v) is 3.09. The van der Waals surface area contributed by atoms with Crippen molar-refractivity contribution in [3.63, 3.8) is 0 Å². The highest BCUT2D eigenvalue weighted by molar-refractivity contribution is 7.13. The molecule has 0 aliphatic carbocycles. The van der Waals surface area contributed by atoms with Crippen molar-refractivity contribution in [2.24, 2.45) is 0 Å². The lowest BCUT2D eigenvalue weighted by atomic mass is 10.1. The second kappa shape index (κ2) is 8.80. The molecular weight excluding hydrogens is 352 g/mol. The van der Waals surface area contributed by atoms with Gasteiger partial charge in [0.2, 0.25) is 0 Å². The van der Waals surface area contributed by atoms with Gasteiger partial charge >= 0.3 is 5.97 Å². The van der Waals surface area contributed by atoms with E-state index in [1.54, 1.807) is 0 Å². The van der Waals surface area contributed by atoms with Crippen LogP contribution in [0.1, 0.15) is 33.4 Å². The van der Waals surface area contributed by atoms with Crippen molar-refractivity contribution in [3.8, 4) is 16.3 Å². The van der Waals surface area contributed by atoms with E-state index >= 15 is 0 Å². The highest BCUT2D eigenvalue weighted by Crippen LogP contribution is 2.32. The molecule has 0 unspecified atom stereocenters. The average molecular weight is 376 g/mol. The Morgan fingerprint density at radius 3 is 2.65 bits per heavy atom. The zero-order valence-corrected chi connectivity index (χ0v) is 16.3. The minimum Gasteiger partial charge on any atom is -0.493 e. The Labute approximate surface area is 157 Å². The number of nitrogens with zero attached hydrogens (tertiary/aromatic N) is 1. The summed E-state index contributed by atoms with van der Waals surface area (Å²) in [4.78, 5) is 28.1. The van der Waals surface area contributed by atoms with Crippen LogP contribution >= 0.6 is 11.3 Å². The van der Waals surface area contributed by atoms with E-state index < -0.39 is 5.97 Å². The Morgan fingerprint density at radius 2 is 1.96 bits per heavy atom. The molecule has 0 radical (unpaired) electrons. The van der Waals surface area contributed by atoms with Crippen LogP contribution in [0.2, 0.25) is 0 Å². The molecular formula is C19H24N2O4S. The van der Waals surface area contributed by atoms with Gasteiger partial charge in [-0.05, 0) is 39.8 Å². The van der Waals surface area contributed by atoms with Gasteiger partial charge in [0.15, 0.2) is 6.61 Å². The first-order valence-electron chi connectivity index (χ1n) is 8.41. The number of carbonyl (C=O) groups excluding carboxylic acids is 2. The number of rotatable bonds is 7. The molecule has 1 amide bonds. The highest BCUT2D eigenvalue weighted by Gasteiger charge is 2.17. The molecule has 0 aliphatic rings.